The largest absolute Gasteiger partial charge is 0.377 e. The first-order valence-electron chi connectivity index (χ1n) is 6.41. The molecular formula is C16H16N2OS. The summed E-state index contributed by atoms with van der Waals surface area (Å²) in [5.74, 6) is 0. The lowest BCUT2D eigenvalue weighted by molar-refractivity contribution is 0.459. The fourth-order valence-corrected chi connectivity index (χ4v) is 2.70. The van der Waals surface area contributed by atoms with Gasteiger partial charge in [0.1, 0.15) is 5.69 Å². The van der Waals surface area contributed by atoms with Crippen LogP contribution >= 0.6 is 11.8 Å². The number of thioether (sulfide) groups is 1. The molecule has 3 nitrogen and oxygen atoms in total. The number of hydrogen-bond donors (Lipinski definition) is 0. The van der Waals surface area contributed by atoms with Gasteiger partial charge in [0, 0.05) is 30.2 Å². The van der Waals surface area contributed by atoms with Crippen LogP contribution in [-0.2, 0) is 0 Å². The molecule has 0 N–H and O–H groups in total. The molecule has 0 amide bonds. The molecule has 0 aliphatic heterocycles. The van der Waals surface area contributed by atoms with E-state index in [0.717, 1.165) is 27.9 Å². The van der Waals surface area contributed by atoms with Crippen LogP contribution in [0.4, 0.5) is 5.69 Å². The second-order valence-corrected chi connectivity index (χ2v) is 5.68. The molecular weight excluding hydrogens is 268 g/mol. The van der Waals surface area contributed by atoms with Crippen LogP contribution in [0.15, 0.2) is 51.9 Å². The van der Waals surface area contributed by atoms with Crippen molar-refractivity contribution in [2.45, 2.75) is 4.90 Å². The number of nitrogens with zero attached hydrogens (tertiary/aromatic N) is 2. The van der Waals surface area contributed by atoms with Crippen LogP contribution in [0.3, 0.4) is 0 Å². The molecule has 20 heavy (non-hydrogen) atoms. The number of aromatic nitrogens is 1. The van der Waals surface area contributed by atoms with E-state index in [1.165, 1.54) is 4.90 Å². The van der Waals surface area contributed by atoms with Gasteiger partial charge in [-0.15, -0.1) is 11.8 Å². The second kappa shape index (κ2) is 5.21. The Morgan fingerprint density at radius 3 is 2.45 bits per heavy atom. The molecule has 0 aliphatic carbocycles. The normalized spacial score (nSPS) is 10.9. The highest BCUT2D eigenvalue weighted by Crippen LogP contribution is 2.35. The molecule has 0 saturated heterocycles. The molecule has 0 aliphatic rings. The second-order valence-electron chi connectivity index (χ2n) is 4.80. The Kier molecular flexibility index (Phi) is 3.40. The average Bonchev–Trinajstić information content (AvgIpc) is 2.91. The van der Waals surface area contributed by atoms with Crippen molar-refractivity contribution in [1.82, 2.24) is 5.16 Å². The predicted octanol–water partition coefficient (Wildman–Crippen LogP) is 4.28. The molecule has 1 heterocycles. The molecule has 4 heteroatoms. The van der Waals surface area contributed by atoms with Crippen molar-refractivity contribution in [2.75, 3.05) is 25.3 Å². The van der Waals surface area contributed by atoms with Crippen LogP contribution in [-0.4, -0.2) is 25.5 Å². The Hall–Kier alpha value is -1.94. The molecule has 1 aromatic heterocycles. The summed E-state index contributed by atoms with van der Waals surface area (Å²) in [7, 11) is 4.06. The topological polar surface area (TPSA) is 29.3 Å². The Bertz CT molecular complexity index is 732. The van der Waals surface area contributed by atoms with Gasteiger partial charge < -0.3 is 9.42 Å². The van der Waals surface area contributed by atoms with Crippen molar-refractivity contribution in [3.05, 3.63) is 42.5 Å². The van der Waals surface area contributed by atoms with Crippen molar-refractivity contribution >= 4 is 28.4 Å². The quantitative estimate of drug-likeness (QED) is 0.671. The molecule has 0 bridgehead atoms. The van der Waals surface area contributed by atoms with E-state index in [9.17, 15) is 0 Å². The van der Waals surface area contributed by atoms with E-state index >= 15 is 0 Å². The first-order valence-corrected chi connectivity index (χ1v) is 7.63. The highest BCUT2D eigenvalue weighted by atomic mass is 32.2. The zero-order valence-corrected chi connectivity index (χ0v) is 12.6. The molecule has 102 valence electrons. The van der Waals surface area contributed by atoms with E-state index in [0.29, 0.717) is 0 Å². The minimum Gasteiger partial charge on any atom is -0.377 e. The van der Waals surface area contributed by atoms with Gasteiger partial charge in [-0.1, -0.05) is 23.4 Å². The summed E-state index contributed by atoms with van der Waals surface area (Å²) in [5.41, 5.74) is 3.92. The molecule has 0 fully saturated rings. The maximum atomic E-state index is 5.47. The van der Waals surface area contributed by atoms with Gasteiger partial charge in [0.15, 0.2) is 5.58 Å². The summed E-state index contributed by atoms with van der Waals surface area (Å²) in [5, 5.41) is 5.32. The molecule has 0 atom stereocenters. The van der Waals surface area contributed by atoms with Crippen molar-refractivity contribution in [1.29, 1.82) is 0 Å². The summed E-state index contributed by atoms with van der Waals surface area (Å²) in [6.07, 6.45) is 2.07. The zero-order valence-electron chi connectivity index (χ0n) is 11.8. The predicted molar refractivity (Wildman–Crippen MR) is 85.6 cm³/mol. The zero-order chi connectivity index (χ0) is 14.1. The molecule has 3 rings (SSSR count). The highest BCUT2D eigenvalue weighted by Gasteiger charge is 2.15. The van der Waals surface area contributed by atoms with Gasteiger partial charge in [-0.25, -0.2) is 0 Å². The van der Waals surface area contributed by atoms with Crippen LogP contribution in [0.5, 0.6) is 0 Å². The number of anilines is 1. The summed E-state index contributed by atoms with van der Waals surface area (Å²) >= 11 is 1.73. The van der Waals surface area contributed by atoms with Gasteiger partial charge in [0.2, 0.25) is 0 Å². The summed E-state index contributed by atoms with van der Waals surface area (Å²) < 4.78 is 5.47. The third-order valence-corrected chi connectivity index (χ3v) is 4.07. The third kappa shape index (κ3) is 2.16. The van der Waals surface area contributed by atoms with Crippen LogP contribution in [0, 0.1) is 0 Å². The van der Waals surface area contributed by atoms with Crippen LogP contribution in [0.25, 0.3) is 22.2 Å². The average molecular weight is 284 g/mol. The molecule has 2 aromatic carbocycles. The third-order valence-electron chi connectivity index (χ3n) is 3.32. The molecule has 0 radical (unpaired) electrons. The SMILES string of the molecule is CSc1ccc(-c2noc3cccc(N(C)C)c23)cc1. The fraction of sp³-hybridized carbons (Fsp3) is 0.188. The lowest BCUT2D eigenvalue weighted by Crippen LogP contribution is -2.08. The van der Waals surface area contributed by atoms with Crippen molar-refractivity contribution in [3.63, 3.8) is 0 Å². The Balaban J connectivity index is 2.20. The smallest absolute Gasteiger partial charge is 0.169 e. The molecule has 3 aromatic rings. The van der Waals surface area contributed by atoms with E-state index < -0.39 is 0 Å². The van der Waals surface area contributed by atoms with Crippen molar-refractivity contribution in [3.8, 4) is 11.3 Å². The van der Waals surface area contributed by atoms with Gasteiger partial charge >= 0.3 is 0 Å². The van der Waals surface area contributed by atoms with E-state index in [-0.39, 0.29) is 0 Å². The van der Waals surface area contributed by atoms with Gasteiger partial charge in [0.25, 0.3) is 0 Å². The van der Waals surface area contributed by atoms with E-state index in [4.69, 9.17) is 4.52 Å². The minimum atomic E-state index is 0.820. The number of hydrogen-bond acceptors (Lipinski definition) is 4. The monoisotopic (exact) mass is 284 g/mol. The lowest BCUT2D eigenvalue weighted by Gasteiger charge is -2.13. The summed E-state index contributed by atoms with van der Waals surface area (Å²) in [6, 6.07) is 14.4. The van der Waals surface area contributed by atoms with E-state index in [1.807, 2.05) is 26.2 Å². The fourth-order valence-electron chi connectivity index (χ4n) is 2.29. The van der Waals surface area contributed by atoms with Crippen molar-refractivity contribution in [2.24, 2.45) is 0 Å². The Labute approximate surface area is 122 Å². The van der Waals surface area contributed by atoms with Gasteiger partial charge in [-0.3, -0.25) is 0 Å². The Morgan fingerprint density at radius 1 is 1.05 bits per heavy atom. The lowest BCUT2D eigenvalue weighted by atomic mass is 10.1. The molecule has 0 unspecified atom stereocenters. The first kappa shape index (κ1) is 13.1. The van der Waals surface area contributed by atoms with Crippen LogP contribution in [0.1, 0.15) is 0 Å². The van der Waals surface area contributed by atoms with Gasteiger partial charge in [-0.05, 0) is 30.5 Å². The molecule has 0 saturated carbocycles. The van der Waals surface area contributed by atoms with E-state index in [1.54, 1.807) is 11.8 Å². The minimum absolute atomic E-state index is 0.820. The summed E-state index contributed by atoms with van der Waals surface area (Å²) in [4.78, 5) is 3.33. The van der Waals surface area contributed by atoms with Crippen molar-refractivity contribution < 1.29 is 4.52 Å². The number of rotatable bonds is 3. The first-order chi connectivity index (χ1) is 9.70. The maximum Gasteiger partial charge on any atom is 0.169 e. The number of fused-ring (bicyclic) bond motifs is 1. The van der Waals surface area contributed by atoms with Gasteiger partial charge in [-0.2, -0.15) is 0 Å². The molecule has 0 spiro atoms. The maximum absolute atomic E-state index is 5.47. The van der Waals surface area contributed by atoms with Crippen LogP contribution in [0.2, 0.25) is 0 Å². The Morgan fingerprint density at radius 2 is 1.80 bits per heavy atom. The van der Waals surface area contributed by atoms with Crippen LogP contribution < -0.4 is 4.90 Å². The van der Waals surface area contributed by atoms with E-state index in [2.05, 4.69) is 46.6 Å². The number of benzene rings is 2. The van der Waals surface area contributed by atoms with Gasteiger partial charge in [0.05, 0.1) is 5.39 Å². The standard InChI is InChI=1S/C16H16N2OS/c1-18(2)13-5-4-6-14-15(13)16(17-19-14)11-7-9-12(20-3)10-8-11/h4-10H,1-3H3. The summed E-state index contributed by atoms with van der Waals surface area (Å²) in [6.45, 7) is 0. The highest BCUT2D eigenvalue weighted by molar-refractivity contribution is 7.98.